The second-order valence-corrected chi connectivity index (χ2v) is 5.96. The van der Waals surface area contributed by atoms with E-state index in [-0.39, 0.29) is 12.0 Å². The lowest BCUT2D eigenvalue weighted by Crippen LogP contribution is -2.45. The smallest absolute Gasteiger partial charge is 0.323 e. The van der Waals surface area contributed by atoms with Crippen LogP contribution < -0.4 is 5.32 Å². The lowest BCUT2D eigenvalue weighted by atomic mass is 10.00. The monoisotopic (exact) mass is 270 g/mol. The second kappa shape index (κ2) is 8.54. The van der Waals surface area contributed by atoms with Gasteiger partial charge in [-0.1, -0.05) is 20.8 Å². The summed E-state index contributed by atoms with van der Waals surface area (Å²) in [7, 11) is 0. The van der Waals surface area contributed by atoms with E-state index in [2.05, 4.69) is 31.0 Å². The minimum absolute atomic E-state index is 0.110. The molecule has 2 atom stereocenters. The summed E-state index contributed by atoms with van der Waals surface area (Å²) in [6.07, 6.45) is 3.45. The van der Waals surface area contributed by atoms with Gasteiger partial charge in [-0.3, -0.25) is 4.79 Å². The van der Waals surface area contributed by atoms with Crippen LogP contribution in [0.4, 0.5) is 0 Å². The Morgan fingerprint density at radius 1 is 1.47 bits per heavy atom. The fourth-order valence-corrected chi connectivity index (χ4v) is 2.72. The molecule has 0 bridgehead atoms. The molecule has 1 fully saturated rings. The molecular formula is C15H30N2O2. The van der Waals surface area contributed by atoms with Crippen molar-refractivity contribution in [3.05, 3.63) is 0 Å². The van der Waals surface area contributed by atoms with Gasteiger partial charge in [0, 0.05) is 19.1 Å². The Bertz CT molecular complexity index is 269. The van der Waals surface area contributed by atoms with Crippen molar-refractivity contribution in [1.29, 1.82) is 0 Å². The number of ether oxygens (including phenoxy) is 1. The Hall–Kier alpha value is -0.610. The van der Waals surface area contributed by atoms with Gasteiger partial charge in [0.2, 0.25) is 0 Å². The number of piperidine rings is 1. The molecule has 0 saturated carbocycles. The number of nitrogens with one attached hydrogen (secondary N) is 1. The van der Waals surface area contributed by atoms with E-state index in [0.29, 0.717) is 12.6 Å². The zero-order chi connectivity index (χ0) is 14.3. The van der Waals surface area contributed by atoms with E-state index in [9.17, 15) is 4.79 Å². The molecule has 1 heterocycles. The highest BCUT2D eigenvalue weighted by atomic mass is 16.5. The van der Waals surface area contributed by atoms with Crippen molar-refractivity contribution in [3.8, 4) is 0 Å². The maximum atomic E-state index is 11.9. The van der Waals surface area contributed by atoms with E-state index >= 15 is 0 Å². The lowest BCUT2D eigenvalue weighted by Gasteiger charge is -2.32. The van der Waals surface area contributed by atoms with Gasteiger partial charge in [-0.15, -0.1) is 0 Å². The SMILES string of the molecule is CCOC(=O)C(CCN1CCCC(C)C1)NC(C)C. The Kier molecular flexibility index (Phi) is 7.39. The first-order valence-electron chi connectivity index (χ1n) is 7.68. The average molecular weight is 270 g/mol. The highest BCUT2D eigenvalue weighted by Gasteiger charge is 2.23. The van der Waals surface area contributed by atoms with Gasteiger partial charge in [0.25, 0.3) is 0 Å². The summed E-state index contributed by atoms with van der Waals surface area (Å²) >= 11 is 0. The molecule has 0 aromatic rings. The molecule has 4 nitrogen and oxygen atoms in total. The van der Waals surface area contributed by atoms with E-state index in [1.165, 1.54) is 19.4 Å². The zero-order valence-electron chi connectivity index (χ0n) is 12.9. The highest BCUT2D eigenvalue weighted by Crippen LogP contribution is 2.16. The van der Waals surface area contributed by atoms with Crippen molar-refractivity contribution in [1.82, 2.24) is 10.2 Å². The summed E-state index contributed by atoms with van der Waals surface area (Å²) < 4.78 is 5.15. The molecule has 4 heteroatoms. The number of esters is 1. The summed E-state index contributed by atoms with van der Waals surface area (Å²) in [5.74, 6) is 0.675. The fraction of sp³-hybridized carbons (Fsp3) is 0.933. The number of carbonyl (C=O) groups is 1. The van der Waals surface area contributed by atoms with Crippen LogP contribution in [-0.4, -0.2) is 49.2 Å². The number of hydrogen-bond donors (Lipinski definition) is 1. The third kappa shape index (κ3) is 6.39. The fourth-order valence-electron chi connectivity index (χ4n) is 2.72. The molecule has 19 heavy (non-hydrogen) atoms. The highest BCUT2D eigenvalue weighted by molar-refractivity contribution is 5.75. The van der Waals surface area contributed by atoms with Crippen molar-refractivity contribution in [2.45, 2.75) is 59.0 Å². The number of rotatable bonds is 7. The van der Waals surface area contributed by atoms with E-state index in [0.717, 1.165) is 25.4 Å². The van der Waals surface area contributed by atoms with Crippen molar-refractivity contribution in [3.63, 3.8) is 0 Å². The molecule has 0 aromatic heterocycles. The predicted molar refractivity (Wildman–Crippen MR) is 78.1 cm³/mol. The molecule has 1 rings (SSSR count). The normalized spacial score (nSPS) is 22.5. The van der Waals surface area contributed by atoms with Gasteiger partial charge in [0.1, 0.15) is 6.04 Å². The predicted octanol–water partition coefficient (Wildman–Crippen LogP) is 2.04. The Labute approximate surface area is 117 Å². The van der Waals surface area contributed by atoms with Crippen molar-refractivity contribution >= 4 is 5.97 Å². The van der Waals surface area contributed by atoms with Gasteiger partial charge in [0.15, 0.2) is 0 Å². The number of hydrogen-bond acceptors (Lipinski definition) is 4. The molecule has 0 spiro atoms. The van der Waals surface area contributed by atoms with E-state index in [1.54, 1.807) is 0 Å². The summed E-state index contributed by atoms with van der Waals surface area (Å²) in [6, 6.07) is 0.131. The van der Waals surface area contributed by atoms with Gasteiger partial charge in [-0.05, 0) is 38.6 Å². The number of nitrogens with zero attached hydrogens (tertiary/aromatic N) is 1. The van der Waals surface area contributed by atoms with Crippen LogP contribution in [0, 0.1) is 5.92 Å². The Morgan fingerprint density at radius 3 is 2.79 bits per heavy atom. The first-order chi connectivity index (χ1) is 9.02. The van der Waals surface area contributed by atoms with E-state index in [4.69, 9.17) is 4.74 Å². The van der Waals surface area contributed by atoms with E-state index < -0.39 is 0 Å². The molecule has 1 saturated heterocycles. The van der Waals surface area contributed by atoms with Crippen LogP contribution in [0.15, 0.2) is 0 Å². The number of carbonyl (C=O) groups excluding carboxylic acids is 1. The standard InChI is InChI=1S/C15H30N2O2/c1-5-19-15(18)14(16-12(2)3)8-10-17-9-6-7-13(4)11-17/h12-14,16H,5-11H2,1-4H3. The van der Waals surface area contributed by atoms with Gasteiger partial charge in [-0.2, -0.15) is 0 Å². The molecule has 1 aliphatic heterocycles. The van der Waals surface area contributed by atoms with Crippen LogP contribution >= 0.6 is 0 Å². The van der Waals surface area contributed by atoms with Crippen LogP contribution in [-0.2, 0) is 9.53 Å². The van der Waals surface area contributed by atoms with Gasteiger partial charge in [-0.25, -0.2) is 0 Å². The summed E-state index contributed by atoms with van der Waals surface area (Å²) in [5.41, 5.74) is 0. The maximum Gasteiger partial charge on any atom is 0.323 e. The third-order valence-electron chi connectivity index (χ3n) is 3.58. The molecule has 112 valence electrons. The molecule has 0 radical (unpaired) electrons. The largest absolute Gasteiger partial charge is 0.465 e. The molecule has 1 N–H and O–H groups in total. The van der Waals surface area contributed by atoms with Crippen molar-refractivity contribution in [2.24, 2.45) is 5.92 Å². The molecule has 1 aliphatic rings. The average Bonchev–Trinajstić information content (AvgIpc) is 2.34. The first-order valence-corrected chi connectivity index (χ1v) is 7.68. The van der Waals surface area contributed by atoms with Crippen LogP contribution in [0.25, 0.3) is 0 Å². The van der Waals surface area contributed by atoms with Crippen LogP contribution in [0.1, 0.15) is 47.0 Å². The third-order valence-corrected chi connectivity index (χ3v) is 3.58. The second-order valence-electron chi connectivity index (χ2n) is 5.96. The lowest BCUT2D eigenvalue weighted by molar-refractivity contribution is -0.146. The quantitative estimate of drug-likeness (QED) is 0.719. The minimum atomic E-state index is -0.169. The molecule has 2 unspecified atom stereocenters. The molecule has 0 aliphatic carbocycles. The van der Waals surface area contributed by atoms with Crippen LogP contribution in [0.2, 0.25) is 0 Å². The summed E-state index contributed by atoms with van der Waals surface area (Å²) in [6.45, 7) is 12.1. The Balaban J connectivity index is 2.40. The topological polar surface area (TPSA) is 41.6 Å². The number of likely N-dealkylation sites (tertiary alicyclic amines) is 1. The maximum absolute atomic E-state index is 11.9. The summed E-state index contributed by atoms with van der Waals surface area (Å²) in [4.78, 5) is 14.4. The molecule has 0 amide bonds. The van der Waals surface area contributed by atoms with Gasteiger partial charge >= 0.3 is 5.97 Å². The van der Waals surface area contributed by atoms with Gasteiger partial charge in [0.05, 0.1) is 6.61 Å². The van der Waals surface area contributed by atoms with Crippen LogP contribution in [0.3, 0.4) is 0 Å². The van der Waals surface area contributed by atoms with Crippen molar-refractivity contribution in [2.75, 3.05) is 26.2 Å². The minimum Gasteiger partial charge on any atom is -0.465 e. The van der Waals surface area contributed by atoms with E-state index in [1.807, 2.05) is 6.92 Å². The van der Waals surface area contributed by atoms with Crippen molar-refractivity contribution < 1.29 is 9.53 Å². The van der Waals surface area contributed by atoms with Crippen LogP contribution in [0.5, 0.6) is 0 Å². The molecular weight excluding hydrogens is 240 g/mol. The first kappa shape index (κ1) is 16.4. The summed E-state index contributed by atoms with van der Waals surface area (Å²) in [5, 5.41) is 3.31. The zero-order valence-corrected chi connectivity index (χ0v) is 12.9. The molecule has 0 aromatic carbocycles. The Morgan fingerprint density at radius 2 is 2.21 bits per heavy atom. The van der Waals surface area contributed by atoms with Gasteiger partial charge < -0.3 is 15.0 Å².